The molecule has 3 heterocycles. The quantitative estimate of drug-likeness (QED) is 0.439. The number of aromatic nitrogens is 2. The van der Waals surface area contributed by atoms with Crippen molar-refractivity contribution in [2.24, 2.45) is 0 Å². The summed E-state index contributed by atoms with van der Waals surface area (Å²) in [6, 6.07) is 7.42. The third-order valence-electron chi connectivity index (χ3n) is 5.03. The first-order valence-corrected chi connectivity index (χ1v) is 10.1. The molecule has 0 atom stereocenters. The van der Waals surface area contributed by atoms with Crippen LogP contribution in [-0.2, 0) is 6.54 Å². The molecule has 0 aliphatic carbocycles. The van der Waals surface area contributed by atoms with Crippen molar-refractivity contribution in [3.63, 3.8) is 0 Å². The number of nitrogens with one attached hydrogen (secondary N) is 1. The van der Waals surface area contributed by atoms with E-state index in [1.165, 1.54) is 30.8 Å². The Labute approximate surface area is 186 Å². The number of amides is 1. The molecule has 1 aliphatic heterocycles. The summed E-state index contributed by atoms with van der Waals surface area (Å²) in [6.45, 7) is 1.59. The van der Waals surface area contributed by atoms with Crippen LogP contribution in [-0.4, -0.2) is 51.9 Å². The first-order chi connectivity index (χ1) is 15.4. The van der Waals surface area contributed by atoms with Gasteiger partial charge in [0.2, 0.25) is 11.6 Å². The zero-order valence-corrected chi connectivity index (χ0v) is 17.5. The molecule has 12 heteroatoms. The molecule has 3 aromatic rings. The lowest BCUT2D eigenvalue weighted by atomic mass is 10.2. The summed E-state index contributed by atoms with van der Waals surface area (Å²) in [5.74, 6) is -0.328. The van der Waals surface area contributed by atoms with Gasteiger partial charge in [-0.3, -0.25) is 14.9 Å². The monoisotopic (exact) mass is 460 g/mol. The maximum atomic E-state index is 13.4. The van der Waals surface area contributed by atoms with Crippen molar-refractivity contribution in [1.29, 1.82) is 0 Å². The Hall–Kier alpha value is -3.73. The Morgan fingerprint density at radius 1 is 1.25 bits per heavy atom. The fraction of sp³-hybridized carbons (Fsp3) is 0.250. The van der Waals surface area contributed by atoms with Crippen molar-refractivity contribution in [2.45, 2.75) is 6.54 Å². The van der Waals surface area contributed by atoms with E-state index in [0.29, 0.717) is 31.7 Å². The van der Waals surface area contributed by atoms with E-state index in [1.807, 2.05) is 0 Å². The molecule has 2 aromatic heterocycles. The van der Waals surface area contributed by atoms with Gasteiger partial charge < -0.3 is 19.5 Å². The number of hydrogen-bond donors (Lipinski definition) is 1. The average molecular weight is 461 g/mol. The number of nitro groups is 1. The van der Waals surface area contributed by atoms with Crippen LogP contribution in [0.15, 0.2) is 47.3 Å². The van der Waals surface area contributed by atoms with E-state index in [2.05, 4.69) is 15.3 Å². The second kappa shape index (κ2) is 9.18. The van der Waals surface area contributed by atoms with Crippen molar-refractivity contribution >= 4 is 34.8 Å². The lowest BCUT2D eigenvalue weighted by Gasteiger charge is -2.34. The van der Waals surface area contributed by atoms with Crippen LogP contribution < -0.4 is 10.2 Å². The van der Waals surface area contributed by atoms with E-state index >= 15 is 0 Å². The summed E-state index contributed by atoms with van der Waals surface area (Å²) >= 11 is 5.79. The van der Waals surface area contributed by atoms with Crippen LogP contribution in [0.3, 0.4) is 0 Å². The van der Waals surface area contributed by atoms with Gasteiger partial charge >= 0.3 is 5.69 Å². The van der Waals surface area contributed by atoms with Crippen molar-refractivity contribution in [1.82, 2.24) is 14.9 Å². The topological polar surface area (TPSA) is 118 Å². The van der Waals surface area contributed by atoms with Crippen LogP contribution in [0.5, 0.6) is 0 Å². The van der Waals surface area contributed by atoms with E-state index in [0.717, 1.165) is 0 Å². The second-order valence-corrected chi connectivity index (χ2v) is 7.42. The van der Waals surface area contributed by atoms with Crippen LogP contribution in [0.2, 0.25) is 5.02 Å². The summed E-state index contributed by atoms with van der Waals surface area (Å²) in [6.07, 6.45) is 2.67. The molecule has 10 nitrogen and oxygen atoms in total. The van der Waals surface area contributed by atoms with Gasteiger partial charge in [-0.2, -0.15) is 0 Å². The lowest BCUT2D eigenvalue weighted by molar-refractivity contribution is -0.383. The molecule has 1 aliphatic rings. The maximum absolute atomic E-state index is 13.4. The van der Waals surface area contributed by atoms with E-state index in [4.69, 9.17) is 16.0 Å². The molecule has 0 radical (unpaired) electrons. The molecule has 0 saturated carbocycles. The summed E-state index contributed by atoms with van der Waals surface area (Å²) in [5, 5.41) is 14.7. The van der Waals surface area contributed by atoms with Crippen LogP contribution in [0.4, 0.5) is 21.7 Å². The van der Waals surface area contributed by atoms with Gasteiger partial charge in [-0.1, -0.05) is 17.7 Å². The Morgan fingerprint density at radius 3 is 2.69 bits per heavy atom. The molecular formula is C20H18ClFN6O4. The molecule has 1 amide bonds. The third-order valence-corrected chi connectivity index (χ3v) is 5.32. The SMILES string of the molecule is O=C(c1ccco1)N1CCN(c2ncnc(NCc3ccc(F)c(Cl)c3)c2[N+](=O)[O-])CC1. The summed E-state index contributed by atoms with van der Waals surface area (Å²) < 4.78 is 18.5. The molecule has 1 saturated heterocycles. The second-order valence-electron chi connectivity index (χ2n) is 7.01. The zero-order valence-electron chi connectivity index (χ0n) is 16.7. The minimum atomic E-state index is -0.546. The van der Waals surface area contributed by atoms with Crippen molar-refractivity contribution in [3.8, 4) is 0 Å². The molecule has 166 valence electrons. The number of halogens is 2. The highest BCUT2D eigenvalue weighted by atomic mass is 35.5. The van der Waals surface area contributed by atoms with Gasteiger partial charge in [0.15, 0.2) is 5.76 Å². The minimum Gasteiger partial charge on any atom is -0.459 e. The van der Waals surface area contributed by atoms with Crippen LogP contribution in [0.25, 0.3) is 0 Å². The first-order valence-electron chi connectivity index (χ1n) is 9.69. The number of carbonyl (C=O) groups excluding carboxylic acids is 1. The fourth-order valence-corrected chi connectivity index (χ4v) is 3.61. The average Bonchev–Trinajstić information content (AvgIpc) is 3.34. The molecule has 1 fully saturated rings. The molecule has 0 spiro atoms. The van der Waals surface area contributed by atoms with Crippen molar-refractivity contribution in [3.05, 3.63) is 75.2 Å². The van der Waals surface area contributed by atoms with E-state index in [9.17, 15) is 19.3 Å². The predicted molar refractivity (Wildman–Crippen MR) is 114 cm³/mol. The maximum Gasteiger partial charge on any atom is 0.353 e. The number of rotatable bonds is 6. The van der Waals surface area contributed by atoms with E-state index < -0.39 is 10.7 Å². The van der Waals surface area contributed by atoms with Gasteiger partial charge in [-0.15, -0.1) is 0 Å². The summed E-state index contributed by atoms with van der Waals surface area (Å²) in [7, 11) is 0. The van der Waals surface area contributed by atoms with Gasteiger partial charge in [-0.05, 0) is 29.8 Å². The molecule has 1 aromatic carbocycles. The van der Waals surface area contributed by atoms with Gasteiger partial charge in [0, 0.05) is 32.7 Å². The van der Waals surface area contributed by atoms with E-state index in [-0.39, 0.29) is 40.6 Å². The highest BCUT2D eigenvalue weighted by Gasteiger charge is 2.31. The van der Waals surface area contributed by atoms with E-state index in [1.54, 1.807) is 21.9 Å². The van der Waals surface area contributed by atoms with Gasteiger partial charge in [0.05, 0.1) is 16.2 Å². The number of furan rings is 1. The number of anilines is 2. The summed E-state index contributed by atoms with van der Waals surface area (Å²) in [4.78, 5) is 35.2. The van der Waals surface area contributed by atoms with Crippen LogP contribution >= 0.6 is 11.6 Å². The first kappa shape index (κ1) is 21.5. The fourth-order valence-electron chi connectivity index (χ4n) is 3.41. The summed E-state index contributed by atoms with van der Waals surface area (Å²) in [5.41, 5.74) is 0.363. The Balaban J connectivity index is 1.49. The number of carbonyl (C=O) groups is 1. The van der Waals surface area contributed by atoms with Crippen LogP contribution in [0.1, 0.15) is 16.1 Å². The number of nitrogens with zero attached hydrogens (tertiary/aromatic N) is 5. The molecule has 32 heavy (non-hydrogen) atoms. The Kier molecular flexibility index (Phi) is 6.17. The Morgan fingerprint density at radius 2 is 2.03 bits per heavy atom. The zero-order chi connectivity index (χ0) is 22.7. The molecule has 4 rings (SSSR count). The normalized spacial score (nSPS) is 13.8. The minimum absolute atomic E-state index is 0.0366. The molecular weight excluding hydrogens is 443 g/mol. The molecule has 1 N–H and O–H groups in total. The van der Waals surface area contributed by atoms with Gasteiger partial charge in [0.25, 0.3) is 5.91 Å². The smallest absolute Gasteiger partial charge is 0.353 e. The standard InChI is InChI=1S/C20H18ClFN6O4/c21-14-10-13(3-4-15(14)22)11-23-18-17(28(30)31)19(25-12-24-18)26-5-7-27(8-6-26)20(29)16-2-1-9-32-16/h1-4,9-10,12H,5-8,11H2,(H,23,24,25). The molecule has 0 unspecified atom stereocenters. The largest absolute Gasteiger partial charge is 0.459 e. The Bertz CT molecular complexity index is 1140. The number of hydrogen-bond acceptors (Lipinski definition) is 8. The number of benzene rings is 1. The third kappa shape index (κ3) is 4.47. The highest BCUT2D eigenvalue weighted by molar-refractivity contribution is 6.30. The molecule has 0 bridgehead atoms. The van der Waals surface area contributed by atoms with Crippen LogP contribution in [0, 0.1) is 15.9 Å². The number of piperazine rings is 1. The van der Waals surface area contributed by atoms with Gasteiger partial charge in [-0.25, -0.2) is 14.4 Å². The van der Waals surface area contributed by atoms with Gasteiger partial charge in [0.1, 0.15) is 12.1 Å². The van der Waals surface area contributed by atoms with Crippen molar-refractivity contribution < 1.29 is 18.5 Å². The predicted octanol–water partition coefficient (Wildman–Crippen LogP) is 3.34. The van der Waals surface area contributed by atoms with Crippen molar-refractivity contribution in [2.75, 3.05) is 36.4 Å². The highest BCUT2D eigenvalue weighted by Crippen LogP contribution is 2.32. The lowest BCUT2D eigenvalue weighted by Crippen LogP contribution is -2.49.